The molecule has 0 aromatic heterocycles. The van der Waals surface area contributed by atoms with Gasteiger partial charge in [-0.05, 0) is 113 Å². The SMILES string of the molecule is CC(C)(C)OC(=O)N1CC(CCc2c(F)cccc2NC(=O)CC(c2ccc(F)cc2)C2CCOCC2)N(S(=O)(=O)c2ccccc2)CC2(CC2)C1.CNC(=O)OC. The average Bonchev–Trinajstić information content (AvgIpc) is 3.99. The molecule has 1 saturated carbocycles. The third kappa shape index (κ3) is 12.0. The van der Waals surface area contributed by atoms with Gasteiger partial charge in [0.15, 0.2) is 0 Å². The predicted molar refractivity (Wildman–Crippen MR) is 216 cm³/mol. The Morgan fingerprint density at radius 1 is 0.948 bits per heavy atom. The smallest absolute Gasteiger partial charge is 0.410 e. The number of carbonyl (C=O) groups excluding carboxylic acids is 3. The van der Waals surface area contributed by atoms with Crippen molar-refractivity contribution >= 4 is 33.8 Å². The maximum absolute atomic E-state index is 15.7. The minimum Gasteiger partial charge on any atom is -0.453 e. The van der Waals surface area contributed by atoms with Gasteiger partial charge in [-0.3, -0.25) is 4.79 Å². The first-order valence-electron chi connectivity index (χ1n) is 19.7. The molecule has 1 spiro atoms. The summed E-state index contributed by atoms with van der Waals surface area (Å²) in [6.45, 7) is 7.21. The molecule has 6 rings (SSSR count). The number of nitrogens with one attached hydrogen (secondary N) is 2. The molecule has 3 fully saturated rings. The zero-order valence-electron chi connectivity index (χ0n) is 34.0. The number of halogens is 2. The fraction of sp³-hybridized carbons (Fsp3) is 0.512. The lowest BCUT2D eigenvalue weighted by molar-refractivity contribution is -0.117. The molecular formula is C43H56F2N4O8S. The van der Waals surface area contributed by atoms with E-state index in [0.717, 1.165) is 31.2 Å². The molecule has 2 N–H and O–H groups in total. The number of ether oxygens (including phenoxy) is 3. The summed E-state index contributed by atoms with van der Waals surface area (Å²) >= 11 is 0. The van der Waals surface area contributed by atoms with Gasteiger partial charge in [0, 0.05) is 69.0 Å². The first kappa shape index (κ1) is 44.5. The van der Waals surface area contributed by atoms with Crippen molar-refractivity contribution in [2.75, 3.05) is 52.3 Å². The lowest BCUT2D eigenvalue weighted by Crippen LogP contribution is -2.46. The van der Waals surface area contributed by atoms with E-state index in [0.29, 0.717) is 25.4 Å². The summed E-state index contributed by atoms with van der Waals surface area (Å²) in [7, 11) is -1.16. The van der Waals surface area contributed by atoms with E-state index in [1.54, 1.807) is 74.2 Å². The van der Waals surface area contributed by atoms with Gasteiger partial charge in [0.2, 0.25) is 15.9 Å². The Morgan fingerprint density at radius 2 is 1.62 bits per heavy atom. The maximum Gasteiger partial charge on any atom is 0.410 e. The van der Waals surface area contributed by atoms with Gasteiger partial charge in [0.25, 0.3) is 0 Å². The van der Waals surface area contributed by atoms with Crippen LogP contribution in [0, 0.1) is 23.0 Å². The Hall–Kier alpha value is -4.60. The van der Waals surface area contributed by atoms with Crippen molar-refractivity contribution in [1.29, 1.82) is 0 Å². The number of amides is 3. The highest BCUT2D eigenvalue weighted by molar-refractivity contribution is 7.89. The molecule has 3 amide bonds. The number of rotatable bonds is 10. The minimum absolute atomic E-state index is 0.0727. The van der Waals surface area contributed by atoms with Gasteiger partial charge >= 0.3 is 12.2 Å². The summed E-state index contributed by atoms with van der Waals surface area (Å²) in [5.41, 5.74) is 0.288. The van der Waals surface area contributed by atoms with E-state index in [-0.39, 0.29) is 66.4 Å². The first-order chi connectivity index (χ1) is 27.5. The minimum atomic E-state index is -3.99. The van der Waals surface area contributed by atoms with E-state index in [9.17, 15) is 27.2 Å². The molecule has 2 heterocycles. The van der Waals surface area contributed by atoms with Crippen LogP contribution in [-0.2, 0) is 35.4 Å². The van der Waals surface area contributed by atoms with Crippen LogP contribution >= 0.6 is 0 Å². The lowest BCUT2D eigenvalue weighted by Gasteiger charge is -2.32. The molecule has 1 aliphatic carbocycles. The van der Waals surface area contributed by atoms with Crippen molar-refractivity contribution in [2.45, 2.75) is 88.2 Å². The van der Waals surface area contributed by atoms with Crippen LogP contribution in [0.4, 0.5) is 24.1 Å². The Labute approximate surface area is 340 Å². The van der Waals surface area contributed by atoms with Crippen molar-refractivity contribution in [3.63, 3.8) is 0 Å². The molecule has 3 aromatic carbocycles. The van der Waals surface area contributed by atoms with Crippen molar-refractivity contribution in [3.05, 3.63) is 95.6 Å². The van der Waals surface area contributed by atoms with Gasteiger partial charge in [0.05, 0.1) is 12.0 Å². The zero-order chi connectivity index (χ0) is 42.1. The van der Waals surface area contributed by atoms with Crippen LogP contribution < -0.4 is 10.6 Å². The van der Waals surface area contributed by atoms with Gasteiger partial charge in [-0.1, -0.05) is 36.4 Å². The second-order valence-electron chi connectivity index (χ2n) is 16.3. The molecular weight excluding hydrogens is 771 g/mol. The zero-order valence-corrected chi connectivity index (χ0v) is 34.8. The Morgan fingerprint density at radius 3 is 2.21 bits per heavy atom. The Bertz CT molecular complexity index is 1960. The van der Waals surface area contributed by atoms with E-state index in [2.05, 4.69) is 15.4 Å². The van der Waals surface area contributed by atoms with E-state index < -0.39 is 45.1 Å². The van der Waals surface area contributed by atoms with E-state index in [4.69, 9.17) is 9.47 Å². The molecule has 2 aliphatic heterocycles. The molecule has 0 bridgehead atoms. The molecule has 3 aromatic rings. The number of methoxy groups -OCH3 is 1. The number of nitrogens with zero attached hydrogens (tertiary/aromatic N) is 2. The van der Waals surface area contributed by atoms with Crippen LogP contribution in [0.3, 0.4) is 0 Å². The van der Waals surface area contributed by atoms with E-state index in [1.807, 2.05) is 0 Å². The summed E-state index contributed by atoms with van der Waals surface area (Å²) in [6, 6.07) is 18.3. The summed E-state index contributed by atoms with van der Waals surface area (Å²) < 4.78 is 75.0. The van der Waals surface area contributed by atoms with Crippen LogP contribution in [0.5, 0.6) is 0 Å². The van der Waals surface area contributed by atoms with Gasteiger partial charge in [-0.2, -0.15) is 4.31 Å². The van der Waals surface area contributed by atoms with E-state index in [1.165, 1.54) is 42.7 Å². The third-order valence-corrected chi connectivity index (χ3v) is 12.8. The molecule has 58 heavy (non-hydrogen) atoms. The number of alkyl carbamates (subject to hydrolysis) is 1. The number of hydrogen-bond donors (Lipinski definition) is 2. The predicted octanol–water partition coefficient (Wildman–Crippen LogP) is 7.50. The second-order valence-corrected chi connectivity index (χ2v) is 18.2. The maximum atomic E-state index is 15.7. The summed E-state index contributed by atoms with van der Waals surface area (Å²) in [5.74, 6) is -1.20. The van der Waals surface area contributed by atoms with Crippen molar-refractivity contribution in [2.24, 2.45) is 11.3 Å². The summed E-state index contributed by atoms with van der Waals surface area (Å²) in [5, 5.41) is 5.20. The number of carbonyl (C=O) groups is 3. The highest BCUT2D eigenvalue weighted by atomic mass is 32.2. The number of sulfonamides is 1. The topological polar surface area (TPSA) is 144 Å². The quantitative estimate of drug-likeness (QED) is 0.214. The standard InChI is InChI=1S/C40H49F2N3O6S.C3H7NO2/c1-39(2,3)51-38(47)44-25-31(45(27-40(26-44)20-21-40)52(48,49)32-8-5-4-6-9-32)16-17-33-35(42)10-7-11-36(33)43-37(46)24-34(29-18-22-50-23-19-29)28-12-14-30(41)15-13-28;1-4-3(5)6-2/h4-15,29,31,34H,16-27H2,1-3H3,(H,43,46);1-2H3,(H,4,5). The summed E-state index contributed by atoms with van der Waals surface area (Å²) in [4.78, 5) is 38.8. The lowest BCUT2D eigenvalue weighted by atomic mass is 9.79. The second kappa shape index (κ2) is 19.4. The van der Waals surface area contributed by atoms with Crippen LogP contribution in [0.25, 0.3) is 0 Å². The number of benzene rings is 3. The largest absolute Gasteiger partial charge is 0.453 e. The van der Waals surface area contributed by atoms with Crippen molar-refractivity contribution in [3.8, 4) is 0 Å². The molecule has 2 atom stereocenters. The number of hydrogen-bond acceptors (Lipinski definition) is 8. The first-order valence-corrected chi connectivity index (χ1v) is 21.2. The normalized spacial score (nSPS) is 18.9. The van der Waals surface area contributed by atoms with Gasteiger partial charge < -0.3 is 29.7 Å². The van der Waals surface area contributed by atoms with Crippen LogP contribution in [0.2, 0.25) is 0 Å². The highest BCUT2D eigenvalue weighted by Crippen LogP contribution is 2.50. The van der Waals surface area contributed by atoms with Crippen LogP contribution in [0.15, 0.2) is 77.7 Å². The Kier molecular flexibility index (Phi) is 14.9. The van der Waals surface area contributed by atoms with Gasteiger partial charge in [0.1, 0.15) is 17.2 Å². The molecule has 15 heteroatoms. The third-order valence-electron chi connectivity index (χ3n) is 10.9. The molecule has 316 valence electrons. The molecule has 3 aliphatic rings. The van der Waals surface area contributed by atoms with Crippen LogP contribution in [-0.4, -0.2) is 94.4 Å². The molecule has 0 radical (unpaired) electrons. The monoisotopic (exact) mass is 826 g/mol. The van der Waals surface area contributed by atoms with Crippen LogP contribution in [0.1, 0.15) is 76.3 Å². The Balaban J connectivity index is 0.000000992. The average molecular weight is 827 g/mol. The highest BCUT2D eigenvalue weighted by Gasteiger charge is 2.52. The van der Waals surface area contributed by atoms with Crippen molar-refractivity contribution in [1.82, 2.24) is 14.5 Å². The number of anilines is 1. The van der Waals surface area contributed by atoms with Gasteiger partial charge in [-0.25, -0.2) is 26.8 Å². The molecule has 2 unspecified atom stereocenters. The van der Waals surface area contributed by atoms with Crippen molar-refractivity contribution < 1.29 is 45.8 Å². The molecule has 12 nitrogen and oxygen atoms in total. The fourth-order valence-corrected chi connectivity index (χ4v) is 9.44. The van der Waals surface area contributed by atoms with E-state index >= 15 is 4.39 Å². The van der Waals surface area contributed by atoms with Gasteiger partial charge in [-0.15, -0.1) is 0 Å². The summed E-state index contributed by atoms with van der Waals surface area (Å²) in [6.07, 6.45) is 2.57. The fourth-order valence-electron chi connectivity index (χ4n) is 7.66. The molecule has 2 saturated heterocycles.